The smallest absolute Gasteiger partial charge is 0.219 e. The molecule has 0 aliphatic rings. The van der Waals surface area contributed by atoms with E-state index in [1.54, 1.807) is 0 Å². The normalized spacial score (nSPS) is 11.0. The number of rotatable bonds is 14. The molecule has 1 heterocycles. The third-order valence-electron chi connectivity index (χ3n) is 4.95. The summed E-state index contributed by atoms with van der Waals surface area (Å²) in [5.74, 6) is 1.07. The van der Waals surface area contributed by atoms with E-state index in [-0.39, 0.29) is 5.91 Å². The standard InChI is InChI=1S/C23H36N2O2/c1-3-5-6-7-8-9-10-16-27-20-12-13-22-21(17-20)19(18-25-22)14-15-24-23(26)11-4-2/h12-13,17-18,25H,3-11,14-16H2,1-2H3,(H,24,26). The van der Waals surface area contributed by atoms with Crippen LogP contribution in [0.15, 0.2) is 24.4 Å². The fourth-order valence-corrected chi connectivity index (χ4v) is 3.36. The molecule has 1 aromatic heterocycles. The van der Waals surface area contributed by atoms with Gasteiger partial charge >= 0.3 is 0 Å². The molecule has 2 rings (SSSR count). The molecule has 150 valence electrons. The second kappa shape index (κ2) is 12.4. The summed E-state index contributed by atoms with van der Waals surface area (Å²) in [6.45, 7) is 5.73. The number of aromatic amines is 1. The number of hydrogen-bond donors (Lipinski definition) is 2. The van der Waals surface area contributed by atoms with Gasteiger partial charge in [0.15, 0.2) is 0 Å². The van der Waals surface area contributed by atoms with Gasteiger partial charge in [-0.25, -0.2) is 0 Å². The minimum absolute atomic E-state index is 0.135. The molecular formula is C23H36N2O2. The van der Waals surface area contributed by atoms with Crippen molar-refractivity contribution in [1.82, 2.24) is 10.3 Å². The highest BCUT2D eigenvalue weighted by atomic mass is 16.5. The maximum atomic E-state index is 11.6. The highest BCUT2D eigenvalue weighted by Gasteiger charge is 2.06. The van der Waals surface area contributed by atoms with Crippen LogP contribution in [0.25, 0.3) is 10.9 Å². The first kappa shape index (κ1) is 21.3. The molecule has 0 saturated heterocycles. The number of ether oxygens (including phenoxy) is 1. The fraction of sp³-hybridized carbons (Fsp3) is 0.609. The molecule has 0 atom stereocenters. The van der Waals surface area contributed by atoms with Gasteiger partial charge in [0, 0.05) is 30.1 Å². The number of benzene rings is 1. The van der Waals surface area contributed by atoms with Crippen LogP contribution >= 0.6 is 0 Å². The zero-order valence-electron chi connectivity index (χ0n) is 17.1. The Labute approximate surface area is 164 Å². The summed E-state index contributed by atoms with van der Waals surface area (Å²) in [6.07, 6.45) is 13.4. The number of aromatic nitrogens is 1. The van der Waals surface area contributed by atoms with Crippen LogP contribution in [-0.4, -0.2) is 24.0 Å². The fourth-order valence-electron chi connectivity index (χ4n) is 3.36. The summed E-state index contributed by atoms with van der Waals surface area (Å²) >= 11 is 0. The maximum Gasteiger partial charge on any atom is 0.219 e. The van der Waals surface area contributed by atoms with Gasteiger partial charge in [-0.15, -0.1) is 0 Å². The maximum absolute atomic E-state index is 11.6. The van der Waals surface area contributed by atoms with Gasteiger partial charge in [0.25, 0.3) is 0 Å². The molecule has 2 N–H and O–H groups in total. The van der Waals surface area contributed by atoms with Crippen molar-refractivity contribution in [2.24, 2.45) is 0 Å². The van der Waals surface area contributed by atoms with Gasteiger partial charge in [0.2, 0.25) is 5.91 Å². The predicted octanol–water partition coefficient (Wildman–Crippen LogP) is 5.76. The molecule has 0 aliphatic carbocycles. The van der Waals surface area contributed by atoms with Crippen molar-refractivity contribution in [3.05, 3.63) is 30.0 Å². The predicted molar refractivity (Wildman–Crippen MR) is 113 cm³/mol. The number of amides is 1. The number of carbonyl (C=O) groups excluding carboxylic acids is 1. The molecule has 1 aromatic carbocycles. The van der Waals surface area contributed by atoms with Crippen LogP contribution in [0.2, 0.25) is 0 Å². The Balaban J connectivity index is 1.75. The average molecular weight is 373 g/mol. The van der Waals surface area contributed by atoms with Gasteiger partial charge in [-0.2, -0.15) is 0 Å². The minimum Gasteiger partial charge on any atom is -0.494 e. The molecule has 0 spiro atoms. The van der Waals surface area contributed by atoms with Crippen LogP contribution < -0.4 is 10.1 Å². The van der Waals surface area contributed by atoms with Gasteiger partial charge in [0.05, 0.1) is 6.61 Å². The van der Waals surface area contributed by atoms with E-state index in [1.165, 1.54) is 49.5 Å². The topological polar surface area (TPSA) is 54.1 Å². The van der Waals surface area contributed by atoms with Gasteiger partial charge < -0.3 is 15.0 Å². The van der Waals surface area contributed by atoms with Crippen molar-refractivity contribution >= 4 is 16.8 Å². The van der Waals surface area contributed by atoms with Crippen LogP contribution in [-0.2, 0) is 11.2 Å². The second-order valence-corrected chi connectivity index (χ2v) is 7.34. The number of nitrogens with one attached hydrogen (secondary N) is 2. The van der Waals surface area contributed by atoms with Crippen molar-refractivity contribution in [3.63, 3.8) is 0 Å². The molecule has 4 nitrogen and oxygen atoms in total. The largest absolute Gasteiger partial charge is 0.494 e. The summed E-state index contributed by atoms with van der Waals surface area (Å²) in [6, 6.07) is 6.23. The zero-order chi connectivity index (χ0) is 19.3. The number of carbonyl (C=O) groups is 1. The molecule has 0 bridgehead atoms. The molecular weight excluding hydrogens is 336 g/mol. The van der Waals surface area contributed by atoms with E-state index in [2.05, 4.69) is 29.4 Å². The van der Waals surface area contributed by atoms with Crippen LogP contribution in [0.3, 0.4) is 0 Å². The van der Waals surface area contributed by atoms with Crippen LogP contribution in [0.4, 0.5) is 0 Å². The van der Waals surface area contributed by atoms with E-state index in [0.29, 0.717) is 13.0 Å². The Hall–Kier alpha value is -1.97. The lowest BCUT2D eigenvalue weighted by atomic mass is 10.1. The quantitative estimate of drug-likeness (QED) is 0.414. The highest BCUT2D eigenvalue weighted by molar-refractivity contribution is 5.84. The first-order valence-corrected chi connectivity index (χ1v) is 10.7. The van der Waals surface area contributed by atoms with Gasteiger partial charge in [-0.1, -0.05) is 52.4 Å². The molecule has 0 aliphatic heterocycles. The number of H-pyrrole nitrogens is 1. The summed E-state index contributed by atoms with van der Waals surface area (Å²) in [5, 5.41) is 4.18. The number of fused-ring (bicyclic) bond motifs is 1. The van der Waals surface area contributed by atoms with E-state index in [1.807, 2.05) is 19.2 Å². The molecule has 0 radical (unpaired) electrons. The van der Waals surface area contributed by atoms with E-state index < -0.39 is 0 Å². The van der Waals surface area contributed by atoms with Crippen molar-refractivity contribution in [2.75, 3.05) is 13.2 Å². The Bertz CT molecular complexity index is 678. The van der Waals surface area contributed by atoms with Crippen molar-refractivity contribution < 1.29 is 9.53 Å². The Morgan fingerprint density at radius 3 is 2.59 bits per heavy atom. The Kier molecular flexibility index (Phi) is 9.81. The van der Waals surface area contributed by atoms with Crippen LogP contribution in [0.1, 0.15) is 77.2 Å². The lowest BCUT2D eigenvalue weighted by Crippen LogP contribution is -2.25. The zero-order valence-corrected chi connectivity index (χ0v) is 17.1. The van der Waals surface area contributed by atoms with Crippen LogP contribution in [0.5, 0.6) is 5.75 Å². The molecule has 0 fully saturated rings. The molecule has 1 amide bonds. The molecule has 27 heavy (non-hydrogen) atoms. The first-order valence-electron chi connectivity index (χ1n) is 10.7. The van der Waals surface area contributed by atoms with Crippen molar-refractivity contribution in [2.45, 2.75) is 78.1 Å². The minimum atomic E-state index is 0.135. The van der Waals surface area contributed by atoms with Crippen molar-refractivity contribution in [3.8, 4) is 5.75 Å². The van der Waals surface area contributed by atoms with Crippen LogP contribution in [0, 0.1) is 0 Å². The van der Waals surface area contributed by atoms with Gasteiger partial charge in [-0.05, 0) is 43.0 Å². The SMILES string of the molecule is CCCCCCCCCOc1ccc2[nH]cc(CCNC(=O)CCC)c2c1. The monoisotopic (exact) mass is 372 g/mol. The molecule has 4 heteroatoms. The van der Waals surface area contributed by atoms with E-state index in [0.717, 1.165) is 37.1 Å². The van der Waals surface area contributed by atoms with E-state index in [4.69, 9.17) is 4.74 Å². The van der Waals surface area contributed by atoms with E-state index in [9.17, 15) is 4.79 Å². The van der Waals surface area contributed by atoms with E-state index >= 15 is 0 Å². The summed E-state index contributed by atoms with van der Waals surface area (Å²) in [5.41, 5.74) is 2.34. The number of unbranched alkanes of at least 4 members (excludes halogenated alkanes) is 6. The lowest BCUT2D eigenvalue weighted by Gasteiger charge is -2.07. The molecule has 0 unspecified atom stereocenters. The summed E-state index contributed by atoms with van der Waals surface area (Å²) in [4.78, 5) is 14.9. The Morgan fingerprint density at radius 2 is 1.81 bits per heavy atom. The third-order valence-corrected chi connectivity index (χ3v) is 4.95. The third kappa shape index (κ3) is 7.66. The number of hydrogen-bond acceptors (Lipinski definition) is 2. The van der Waals surface area contributed by atoms with Gasteiger partial charge in [0.1, 0.15) is 5.75 Å². The molecule has 0 saturated carbocycles. The van der Waals surface area contributed by atoms with Gasteiger partial charge in [-0.3, -0.25) is 4.79 Å². The summed E-state index contributed by atoms with van der Waals surface area (Å²) < 4.78 is 5.96. The average Bonchev–Trinajstić information content (AvgIpc) is 3.06. The van der Waals surface area contributed by atoms with Crippen molar-refractivity contribution in [1.29, 1.82) is 0 Å². The Morgan fingerprint density at radius 1 is 1.04 bits per heavy atom. The molecule has 2 aromatic rings. The summed E-state index contributed by atoms with van der Waals surface area (Å²) in [7, 11) is 0. The first-order chi connectivity index (χ1) is 13.2. The second-order valence-electron chi connectivity index (χ2n) is 7.34. The lowest BCUT2D eigenvalue weighted by molar-refractivity contribution is -0.121. The highest BCUT2D eigenvalue weighted by Crippen LogP contribution is 2.24.